The van der Waals surface area contributed by atoms with Gasteiger partial charge in [0.05, 0.1) is 12.8 Å². The zero-order valence-electron chi connectivity index (χ0n) is 15.6. The molecule has 0 aliphatic rings. The Morgan fingerprint density at radius 2 is 1.54 bits per heavy atom. The molecule has 0 fully saturated rings. The number of amides is 1. The summed E-state index contributed by atoms with van der Waals surface area (Å²) in [6.07, 6.45) is 1.72. The minimum atomic E-state index is -0.260. The van der Waals surface area contributed by atoms with Crippen LogP contribution in [0.4, 0.5) is 0 Å². The van der Waals surface area contributed by atoms with Crippen LogP contribution in [0.5, 0.6) is 5.75 Å². The number of hydrogen-bond donors (Lipinski definition) is 1. The summed E-state index contributed by atoms with van der Waals surface area (Å²) in [4.78, 5) is 12.4. The van der Waals surface area contributed by atoms with E-state index in [4.69, 9.17) is 4.74 Å². The lowest BCUT2D eigenvalue weighted by Crippen LogP contribution is -2.17. The highest BCUT2D eigenvalue weighted by Gasteiger charge is 2.07. The Balaban J connectivity index is 1.62. The van der Waals surface area contributed by atoms with Crippen molar-refractivity contribution >= 4 is 33.7 Å². The van der Waals surface area contributed by atoms with Crippen LogP contribution in [-0.4, -0.2) is 18.7 Å². The number of carbonyl (C=O) groups excluding carboxylic acids is 1. The molecule has 4 nitrogen and oxygen atoms in total. The first-order chi connectivity index (χ1) is 13.8. The first-order valence-corrected chi connectivity index (χ1v) is 9.23. The Bertz CT molecular complexity index is 1110. The Kier molecular flexibility index (Phi) is 5.02. The van der Waals surface area contributed by atoms with Gasteiger partial charge < -0.3 is 4.74 Å². The van der Waals surface area contributed by atoms with E-state index >= 15 is 0 Å². The van der Waals surface area contributed by atoms with E-state index in [2.05, 4.69) is 40.9 Å². The molecule has 4 aromatic rings. The second-order valence-corrected chi connectivity index (χ2v) is 6.39. The summed E-state index contributed by atoms with van der Waals surface area (Å²) in [5.41, 5.74) is 4.14. The Hall–Kier alpha value is -3.66. The third-order valence-corrected chi connectivity index (χ3v) is 4.60. The number of hydrazone groups is 1. The predicted molar refractivity (Wildman–Crippen MR) is 114 cm³/mol. The van der Waals surface area contributed by atoms with Crippen molar-refractivity contribution < 1.29 is 9.53 Å². The average Bonchev–Trinajstić information content (AvgIpc) is 2.74. The van der Waals surface area contributed by atoms with Crippen molar-refractivity contribution in [2.45, 2.75) is 6.92 Å². The van der Waals surface area contributed by atoms with Crippen LogP contribution in [0.15, 0.2) is 84.0 Å². The molecule has 0 aliphatic carbocycles. The fourth-order valence-corrected chi connectivity index (χ4v) is 3.28. The summed E-state index contributed by atoms with van der Waals surface area (Å²) in [5, 5.41) is 8.69. The van der Waals surface area contributed by atoms with Crippen LogP contribution >= 0.6 is 0 Å². The van der Waals surface area contributed by atoms with Crippen molar-refractivity contribution in [2.24, 2.45) is 5.10 Å². The molecule has 0 saturated heterocycles. The molecule has 4 aromatic carbocycles. The zero-order valence-corrected chi connectivity index (χ0v) is 15.6. The van der Waals surface area contributed by atoms with E-state index in [1.165, 1.54) is 0 Å². The van der Waals surface area contributed by atoms with Crippen LogP contribution in [0.2, 0.25) is 0 Å². The van der Waals surface area contributed by atoms with Gasteiger partial charge in [0, 0.05) is 11.1 Å². The maximum Gasteiger partial charge on any atom is 0.271 e. The third kappa shape index (κ3) is 3.58. The van der Waals surface area contributed by atoms with Crippen LogP contribution in [0.1, 0.15) is 22.8 Å². The molecule has 0 aliphatic heterocycles. The van der Waals surface area contributed by atoms with Gasteiger partial charge in [0.25, 0.3) is 5.91 Å². The number of benzene rings is 4. The molecule has 0 bridgehead atoms. The summed E-state index contributed by atoms with van der Waals surface area (Å²) >= 11 is 0. The number of nitrogens with zero attached hydrogens (tertiary/aromatic N) is 1. The molecule has 0 radical (unpaired) electrons. The van der Waals surface area contributed by atoms with Gasteiger partial charge in [-0.1, -0.05) is 48.5 Å². The van der Waals surface area contributed by atoms with Gasteiger partial charge in [-0.2, -0.15) is 5.10 Å². The first kappa shape index (κ1) is 17.7. The predicted octanol–water partition coefficient (Wildman–Crippen LogP) is 5.16. The van der Waals surface area contributed by atoms with Crippen LogP contribution in [0.25, 0.3) is 21.5 Å². The minimum absolute atomic E-state index is 0.260. The van der Waals surface area contributed by atoms with Gasteiger partial charge in [-0.15, -0.1) is 0 Å². The monoisotopic (exact) mass is 368 g/mol. The van der Waals surface area contributed by atoms with E-state index in [0.29, 0.717) is 12.2 Å². The highest BCUT2D eigenvalue weighted by atomic mass is 16.5. The first-order valence-electron chi connectivity index (χ1n) is 9.23. The third-order valence-electron chi connectivity index (χ3n) is 4.60. The van der Waals surface area contributed by atoms with Crippen molar-refractivity contribution in [3.05, 3.63) is 90.0 Å². The lowest BCUT2D eigenvalue weighted by Gasteiger charge is -2.08. The maximum absolute atomic E-state index is 12.4. The zero-order chi connectivity index (χ0) is 19.3. The maximum atomic E-state index is 12.4. The molecule has 1 amide bonds. The van der Waals surface area contributed by atoms with Crippen LogP contribution < -0.4 is 10.2 Å². The Morgan fingerprint density at radius 3 is 2.14 bits per heavy atom. The van der Waals surface area contributed by atoms with Crippen molar-refractivity contribution in [1.29, 1.82) is 0 Å². The summed E-state index contributed by atoms with van der Waals surface area (Å²) in [5.74, 6) is 0.480. The quantitative estimate of drug-likeness (QED) is 0.301. The van der Waals surface area contributed by atoms with Gasteiger partial charge in [-0.05, 0) is 58.8 Å². The average molecular weight is 368 g/mol. The molecule has 28 heavy (non-hydrogen) atoms. The van der Waals surface area contributed by atoms with Crippen molar-refractivity contribution in [3.8, 4) is 5.75 Å². The topological polar surface area (TPSA) is 50.7 Å². The number of rotatable bonds is 5. The molecular weight excluding hydrogens is 348 g/mol. The van der Waals surface area contributed by atoms with E-state index in [-0.39, 0.29) is 5.91 Å². The van der Waals surface area contributed by atoms with Gasteiger partial charge in [0.1, 0.15) is 5.75 Å². The highest BCUT2D eigenvalue weighted by molar-refractivity contribution is 6.13. The van der Waals surface area contributed by atoms with Crippen LogP contribution in [0, 0.1) is 0 Å². The van der Waals surface area contributed by atoms with E-state index in [0.717, 1.165) is 32.9 Å². The fourth-order valence-electron chi connectivity index (χ4n) is 3.28. The van der Waals surface area contributed by atoms with Gasteiger partial charge in [-0.3, -0.25) is 4.79 Å². The van der Waals surface area contributed by atoms with Gasteiger partial charge in [0.2, 0.25) is 0 Å². The van der Waals surface area contributed by atoms with Gasteiger partial charge in [0.15, 0.2) is 0 Å². The second-order valence-electron chi connectivity index (χ2n) is 6.39. The summed E-state index contributed by atoms with van der Waals surface area (Å²) in [7, 11) is 0. The Labute approximate surface area is 163 Å². The number of hydrogen-bond acceptors (Lipinski definition) is 3. The smallest absolute Gasteiger partial charge is 0.271 e. The molecule has 1 N–H and O–H groups in total. The van der Waals surface area contributed by atoms with E-state index in [9.17, 15) is 4.79 Å². The molecule has 0 aromatic heterocycles. The minimum Gasteiger partial charge on any atom is -0.494 e. The lowest BCUT2D eigenvalue weighted by molar-refractivity contribution is 0.0955. The number of ether oxygens (including phenoxy) is 1. The van der Waals surface area contributed by atoms with E-state index in [1.54, 1.807) is 30.5 Å². The molecular formula is C24H20N2O2. The number of fused-ring (bicyclic) bond motifs is 2. The summed E-state index contributed by atoms with van der Waals surface area (Å²) < 4.78 is 5.40. The molecule has 0 atom stereocenters. The SMILES string of the molecule is CCOc1ccc(C(=O)N/N=C/c2c3ccccc3cc3ccccc23)cc1. The van der Waals surface area contributed by atoms with Gasteiger partial charge >= 0.3 is 0 Å². The number of nitrogens with one attached hydrogen (secondary N) is 1. The molecule has 0 heterocycles. The second kappa shape index (κ2) is 7.92. The molecule has 4 heteroatoms. The fraction of sp³-hybridized carbons (Fsp3) is 0.0833. The summed E-state index contributed by atoms with van der Waals surface area (Å²) in [6.45, 7) is 2.52. The molecule has 138 valence electrons. The molecule has 0 spiro atoms. The lowest BCUT2D eigenvalue weighted by atomic mass is 9.97. The van der Waals surface area contributed by atoms with Crippen LogP contribution in [0.3, 0.4) is 0 Å². The standard InChI is InChI=1S/C24H20N2O2/c1-2-28-20-13-11-17(12-14-20)24(27)26-25-16-23-21-9-5-3-7-18(21)15-19-8-4-6-10-22(19)23/h3-16H,2H2,1H3,(H,26,27)/b25-16+. The molecule has 0 saturated carbocycles. The normalized spacial score (nSPS) is 11.2. The highest BCUT2D eigenvalue weighted by Crippen LogP contribution is 2.27. The molecule has 0 unspecified atom stereocenters. The summed E-state index contributed by atoms with van der Waals surface area (Å²) in [6, 6.07) is 25.5. The van der Waals surface area contributed by atoms with Gasteiger partial charge in [-0.25, -0.2) is 5.43 Å². The van der Waals surface area contributed by atoms with E-state index < -0.39 is 0 Å². The van der Waals surface area contributed by atoms with Crippen molar-refractivity contribution in [3.63, 3.8) is 0 Å². The number of carbonyl (C=O) groups is 1. The van der Waals surface area contributed by atoms with Crippen molar-refractivity contribution in [2.75, 3.05) is 6.61 Å². The van der Waals surface area contributed by atoms with E-state index in [1.807, 2.05) is 31.2 Å². The van der Waals surface area contributed by atoms with Crippen molar-refractivity contribution in [1.82, 2.24) is 5.43 Å². The largest absolute Gasteiger partial charge is 0.494 e. The molecule has 4 rings (SSSR count). The van der Waals surface area contributed by atoms with Crippen LogP contribution in [-0.2, 0) is 0 Å². The Morgan fingerprint density at radius 1 is 0.929 bits per heavy atom.